The zero-order valence-corrected chi connectivity index (χ0v) is 13.2. The Hall–Kier alpha value is -1.10. The van der Waals surface area contributed by atoms with Gasteiger partial charge in [0.05, 0.1) is 25.7 Å². The van der Waals surface area contributed by atoms with E-state index in [1.165, 1.54) is 43.4 Å². The van der Waals surface area contributed by atoms with Crippen molar-refractivity contribution in [1.29, 1.82) is 0 Å². The lowest BCUT2D eigenvalue weighted by Crippen LogP contribution is -2.53. The summed E-state index contributed by atoms with van der Waals surface area (Å²) in [6.45, 7) is 15.6. The van der Waals surface area contributed by atoms with Crippen molar-refractivity contribution in [1.82, 2.24) is 0 Å². The first-order valence-electron chi connectivity index (χ1n) is 7.26. The molecule has 0 saturated carbocycles. The van der Waals surface area contributed by atoms with E-state index in [0.717, 1.165) is 6.04 Å². The largest absolute Gasteiger partial charge is 0.361 e. The molecule has 5 nitrogen and oxygen atoms in total. The van der Waals surface area contributed by atoms with E-state index in [-0.39, 0.29) is 0 Å². The van der Waals surface area contributed by atoms with Crippen molar-refractivity contribution in [3.63, 3.8) is 0 Å². The van der Waals surface area contributed by atoms with Crippen LogP contribution in [-0.2, 0) is 9.59 Å². The van der Waals surface area contributed by atoms with Gasteiger partial charge in [0.2, 0.25) is 0 Å². The van der Waals surface area contributed by atoms with Crippen LogP contribution in [0, 0.1) is 0 Å². The van der Waals surface area contributed by atoms with Crippen LogP contribution in [0.2, 0.25) is 0 Å². The van der Waals surface area contributed by atoms with E-state index in [1.54, 1.807) is 0 Å². The SMILES string of the molecule is CCCCC(C)[N+](CC)(CC)CC.NC(=O)C(N)=O. The van der Waals surface area contributed by atoms with Crippen LogP contribution >= 0.6 is 0 Å². The molecular formula is C14H32N3O2+. The highest BCUT2D eigenvalue weighted by Gasteiger charge is 2.27. The van der Waals surface area contributed by atoms with Gasteiger partial charge in [-0.25, -0.2) is 0 Å². The molecule has 0 aromatic heterocycles. The molecule has 0 aromatic rings. The Morgan fingerprint density at radius 1 is 0.947 bits per heavy atom. The topological polar surface area (TPSA) is 86.2 Å². The fraction of sp³-hybridized carbons (Fsp3) is 0.857. The third kappa shape index (κ3) is 7.82. The van der Waals surface area contributed by atoms with Crippen molar-refractivity contribution in [2.45, 2.75) is 59.9 Å². The molecule has 19 heavy (non-hydrogen) atoms. The van der Waals surface area contributed by atoms with Gasteiger partial charge in [0, 0.05) is 0 Å². The number of hydrogen-bond donors (Lipinski definition) is 2. The van der Waals surface area contributed by atoms with Crippen molar-refractivity contribution in [2.24, 2.45) is 11.5 Å². The molecule has 0 aromatic carbocycles. The van der Waals surface area contributed by atoms with Crippen molar-refractivity contribution in [2.75, 3.05) is 19.6 Å². The Morgan fingerprint density at radius 3 is 1.53 bits per heavy atom. The van der Waals surface area contributed by atoms with Gasteiger partial charge in [-0.3, -0.25) is 9.59 Å². The van der Waals surface area contributed by atoms with Gasteiger partial charge in [-0.15, -0.1) is 0 Å². The van der Waals surface area contributed by atoms with Crippen LogP contribution < -0.4 is 11.5 Å². The van der Waals surface area contributed by atoms with Crippen molar-refractivity contribution in [3.8, 4) is 0 Å². The second-order valence-electron chi connectivity index (χ2n) is 4.89. The van der Waals surface area contributed by atoms with E-state index < -0.39 is 11.8 Å². The smallest absolute Gasteiger partial charge is 0.306 e. The average molecular weight is 274 g/mol. The van der Waals surface area contributed by atoms with Gasteiger partial charge in [-0.2, -0.15) is 0 Å². The molecule has 2 amide bonds. The Labute approximate surface area is 117 Å². The van der Waals surface area contributed by atoms with Crippen LogP contribution in [0.25, 0.3) is 0 Å². The number of unbranched alkanes of at least 4 members (excludes halogenated alkanes) is 1. The standard InChI is InChI=1S/C12H28N.C2H4N2O2/c1-6-10-11-12(5)13(7-2,8-3)9-4;3-1(5)2(4)6/h12H,6-11H2,1-5H3;(H2,3,5)(H2,4,6)/q+1;. The molecule has 1 unspecified atom stereocenters. The molecule has 0 aliphatic rings. The highest BCUT2D eigenvalue weighted by molar-refractivity contribution is 6.33. The van der Waals surface area contributed by atoms with Crippen LogP contribution in [0.15, 0.2) is 0 Å². The molecule has 1 atom stereocenters. The lowest BCUT2D eigenvalue weighted by molar-refractivity contribution is -0.945. The number of primary amides is 2. The fourth-order valence-corrected chi connectivity index (χ4v) is 2.38. The molecule has 4 N–H and O–H groups in total. The molecule has 0 bridgehead atoms. The number of quaternary nitrogens is 1. The highest BCUT2D eigenvalue weighted by Crippen LogP contribution is 2.17. The van der Waals surface area contributed by atoms with E-state index >= 15 is 0 Å². The summed E-state index contributed by atoms with van der Waals surface area (Å²) in [6, 6.07) is 0.847. The predicted molar refractivity (Wildman–Crippen MR) is 79.3 cm³/mol. The number of carbonyl (C=O) groups excluding carboxylic acids is 2. The molecule has 0 rings (SSSR count). The van der Waals surface area contributed by atoms with Crippen molar-refractivity contribution < 1.29 is 14.1 Å². The van der Waals surface area contributed by atoms with Crippen LogP contribution in [0.1, 0.15) is 53.9 Å². The van der Waals surface area contributed by atoms with Crippen LogP contribution in [0.4, 0.5) is 0 Å². The summed E-state index contributed by atoms with van der Waals surface area (Å²) < 4.78 is 1.31. The van der Waals surface area contributed by atoms with Gasteiger partial charge in [0.15, 0.2) is 0 Å². The maximum absolute atomic E-state index is 9.45. The summed E-state index contributed by atoms with van der Waals surface area (Å²) in [5, 5.41) is 0. The Bertz CT molecular complexity index is 243. The third-order valence-electron chi connectivity index (χ3n) is 4.04. The molecule has 0 saturated heterocycles. The highest BCUT2D eigenvalue weighted by atomic mass is 16.2. The fourth-order valence-electron chi connectivity index (χ4n) is 2.38. The summed E-state index contributed by atoms with van der Waals surface area (Å²) in [5.74, 6) is -2.20. The second-order valence-corrected chi connectivity index (χ2v) is 4.89. The summed E-state index contributed by atoms with van der Waals surface area (Å²) in [4.78, 5) is 18.9. The van der Waals surface area contributed by atoms with Gasteiger partial charge in [0.25, 0.3) is 0 Å². The summed E-state index contributed by atoms with van der Waals surface area (Å²) >= 11 is 0. The van der Waals surface area contributed by atoms with Gasteiger partial charge in [-0.1, -0.05) is 13.3 Å². The van der Waals surface area contributed by atoms with E-state index in [4.69, 9.17) is 0 Å². The van der Waals surface area contributed by atoms with E-state index in [1.807, 2.05) is 0 Å². The quantitative estimate of drug-likeness (QED) is 0.543. The van der Waals surface area contributed by atoms with Gasteiger partial charge in [0.1, 0.15) is 0 Å². The minimum atomic E-state index is -1.10. The first-order valence-corrected chi connectivity index (χ1v) is 7.26. The predicted octanol–water partition coefficient (Wildman–Crippen LogP) is 1.40. The van der Waals surface area contributed by atoms with E-state index in [2.05, 4.69) is 46.1 Å². The Morgan fingerprint density at radius 2 is 1.32 bits per heavy atom. The third-order valence-corrected chi connectivity index (χ3v) is 4.04. The summed E-state index contributed by atoms with van der Waals surface area (Å²) in [6.07, 6.45) is 4.12. The first-order chi connectivity index (χ1) is 8.81. The van der Waals surface area contributed by atoms with Gasteiger partial charge in [-0.05, 0) is 40.5 Å². The number of nitrogens with two attached hydrogens (primary N) is 2. The lowest BCUT2D eigenvalue weighted by atomic mass is 10.1. The normalized spacial score (nSPS) is 12.3. The van der Waals surface area contributed by atoms with Crippen LogP contribution in [-0.4, -0.2) is 42.0 Å². The average Bonchev–Trinajstić information content (AvgIpc) is 2.39. The van der Waals surface area contributed by atoms with Crippen molar-refractivity contribution in [3.05, 3.63) is 0 Å². The number of nitrogens with zero attached hydrogens (tertiary/aromatic N) is 1. The summed E-state index contributed by atoms with van der Waals surface area (Å²) in [5.41, 5.74) is 8.64. The number of carbonyl (C=O) groups is 2. The van der Waals surface area contributed by atoms with Crippen molar-refractivity contribution >= 4 is 11.8 Å². The van der Waals surface area contributed by atoms with Crippen LogP contribution in [0.5, 0.6) is 0 Å². The second kappa shape index (κ2) is 10.8. The number of hydrogen-bond acceptors (Lipinski definition) is 2. The van der Waals surface area contributed by atoms with Crippen LogP contribution in [0.3, 0.4) is 0 Å². The molecule has 0 heterocycles. The number of amides is 2. The molecule has 0 aliphatic carbocycles. The molecule has 114 valence electrons. The Kier molecular flexibility index (Phi) is 11.5. The molecule has 0 aliphatic heterocycles. The molecular weight excluding hydrogens is 242 g/mol. The first kappa shape index (κ1) is 20.2. The summed E-state index contributed by atoms with van der Waals surface area (Å²) in [7, 11) is 0. The monoisotopic (exact) mass is 274 g/mol. The molecule has 0 fully saturated rings. The zero-order chi connectivity index (χ0) is 15.5. The molecule has 0 radical (unpaired) electrons. The maximum atomic E-state index is 9.45. The Balaban J connectivity index is 0. The molecule has 0 spiro atoms. The zero-order valence-electron chi connectivity index (χ0n) is 13.2. The minimum Gasteiger partial charge on any atom is -0.361 e. The van der Waals surface area contributed by atoms with E-state index in [0.29, 0.717) is 0 Å². The van der Waals surface area contributed by atoms with E-state index in [9.17, 15) is 9.59 Å². The van der Waals surface area contributed by atoms with Gasteiger partial charge >= 0.3 is 11.8 Å². The lowest BCUT2D eigenvalue weighted by Gasteiger charge is -2.41. The molecule has 5 heteroatoms. The maximum Gasteiger partial charge on any atom is 0.306 e. The van der Waals surface area contributed by atoms with Gasteiger partial charge < -0.3 is 16.0 Å². The number of rotatable bonds is 7. The minimum absolute atomic E-state index is 0.847.